The molecule has 3 nitrogen and oxygen atoms in total. The number of hydrogen-bond donors (Lipinski definition) is 2. The topological polar surface area (TPSA) is 49.3 Å². The van der Waals surface area contributed by atoms with Crippen molar-refractivity contribution in [2.45, 2.75) is 32.4 Å². The lowest BCUT2D eigenvalue weighted by Gasteiger charge is -2.20. The molecule has 1 aromatic carbocycles. The summed E-state index contributed by atoms with van der Waals surface area (Å²) in [5, 5.41) is 12.4. The average molecular weight is 243 g/mol. The molecule has 0 bridgehead atoms. The number of amides is 1. The van der Waals surface area contributed by atoms with Crippen molar-refractivity contribution in [3.63, 3.8) is 0 Å². The SMILES string of the molecule is CCC(=O)NC(C)C(O)c1ccc(F)c(F)c1. The molecule has 2 N–H and O–H groups in total. The zero-order valence-electron chi connectivity index (χ0n) is 9.71. The summed E-state index contributed by atoms with van der Waals surface area (Å²) < 4.78 is 25.7. The van der Waals surface area contributed by atoms with E-state index in [1.54, 1.807) is 13.8 Å². The molecule has 0 saturated carbocycles. The molecule has 0 heterocycles. The minimum absolute atomic E-state index is 0.209. The summed E-state index contributed by atoms with van der Waals surface area (Å²) in [6.45, 7) is 3.28. The zero-order chi connectivity index (χ0) is 13.0. The molecule has 0 aromatic heterocycles. The first-order valence-corrected chi connectivity index (χ1v) is 5.38. The molecule has 1 amide bonds. The number of hydrogen-bond acceptors (Lipinski definition) is 2. The van der Waals surface area contributed by atoms with Gasteiger partial charge in [0.25, 0.3) is 0 Å². The van der Waals surface area contributed by atoms with E-state index < -0.39 is 23.8 Å². The summed E-state index contributed by atoms with van der Waals surface area (Å²) in [4.78, 5) is 11.1. The average Bonchev–Trinajstić information content (AvgIpc) is 2.31. The Morgan fingerprint density at radius 3 is 2.59 bits per heavy atom. The van der Waals surface area contributed by atoms with Crippen molar-refractivity contribution in [1.82, 2.24) is 5.32 Å². The van der Waals surface area contributed by atoms with E-state index in [-0.39, 0.29) is 11.5 Å². The summed E-state index contributed by atoms with van der Waals surface area (Å²) in [5.41, 5.74) is 0.229. The summed E-state index contributed by atoms with van der Waals surface area (Å²) >= 11 is 0. The third-order valence-electron chi connectivity index (χ3n) is 2.47. The van der Waals surface area contributed by atoms with E-state index in [0.717, 1.165) is 12.1 Å². The molecule has 0 saturated heterocycles. The molecule has 94 valence electrons. The highest BCUT2D eigenvalue weighted by Crippen LogP contribution is 2.19. The molecule has 0 radical (unpaired) electrons. The molecule has 17 heavy (non-hydrogen) atoms. The van der Waals surface area contributed by atoms with Gasteiger partial charge in [-0.05, 0) is 24.6 Å². The Labute approximate surface area is 98.5 Å². The number of carbonyl (C=O) groups is 1. The molecular formula is C12H15F2NO2. The van der Waals surface area contributed by atoms with Gasteiger partial charge in [0.05, 0.1) is 12.1 Å². The fraction of sp³-hybridized carbons (Fsp3) is 0.417. The van der Waals surface area contributed by atoms with E-state index in [4.69, 9.17) is 0 Å². The number of benzene rings is 1. The molecule has 0 fully saturated rings. The van der Waals surface area contributed by atoms with Crippen LogP contribution in [0.5, 0.6) is 0 Å². The van der Waals surface area contributed by atoms with Crippen molar-refractivity contribution >= 4 is 5.91 Å². The quantitative estimate of drug-likeness (QED) is 0.848. The Morgan fingerprint density at radius 2 is 2.06 bits per heavy atom. The largest absolute Gasteiger partial charge is 0.386 e. The second-order valence-corrected chi connectivity index (χ2v) is 3.83. The molecule has 2 unspecified atom stereocenters. The van der Waals surface area contributed by atoms with E-state index in [0.29, 0.717) is 6.42 Å². The maximum Gasteiger partial charge on any atom is 0.220 e. The first-order valence-electron chi connectivity index (χ1n) is 5.38. The van der Waals surface area contributed by atoms with Gasteiger partial charge < -0.3 is 10.4 Å². The van der Waals surface area contributed by atoms with Crippen molar-refractivity contribution < 1.29 is 18.7 Å². The Morgan fingerprint density at radius 1 is 1.41 bits per heavy atom. The van der Waals surface area contributed by atoms with E-state index in [1.165, 1.54) is 6.07 Å². The lowest BCUT2D eigenvalue weighted by atomic mass is 10.0. The summed E-state index contributed by atoms with van der Waals surface area (Å²) in [5.74, 6) is -2.19. The minimum atomic E-state index is -1.07. The van der Waals surface area contributed by atoms with Crippen LogP contribution in [0, 0.1) is 11.6 Å². The predicted molar refractivity (Wildman–Crippen MR) is 59.2 cm³/mol. The van der Waals surface area contributed by atoms with Crippen molar-refractivity contribution in [2.75, 3.05) is 0 Å². The zero-order valence-corrected chi connectivity index (χ0v) is 9.71. The van der Waals surface area contributed by atoms with Gasteiger partial charge in [0.1, 0.15) is 0 Å². The Balaban J connectivity index is 2.77. The highest BCUT2D eigenvalue weighted by atomic mass is 19.2. The summed E-state index contributed by atoms with van der Waals surface area (Å²) in [6.07, 6.45) is -0.768. The Bertz CT molecular complexity index is 409. The molecule has 1 aromatic rings. The number of aliphatic hydroxyl groups is 1. The van der Waals surface area contributed by atoms with Gasteiger partial charge in [-0.3, -0.25) is 4.79 Å². The first-order chi connectivity index (χ1) is 7.95. The second-order valence-electron chi connectivity index (χ2n) is 3.83. The van der Waals surface area contributed by atoms with Gasteiger partial charge in [0.2, 0.25) is 5.91 Å². The van der Waals surface area contributed by atoms with Gasteiger partial charge in [-0.15, -0.1) is 0 Å². The molecule has 1 rings (SSSR count). The van der Waals surface area contributed by atoms with Crippen LogP contribution in [0.3, 0.4) is 0 Å². The van der Waals surface area contributed by atoms with Crippen molar-refractivity contribution in [1.29, 1.82) is 0 Å². The van der Waals surface area contributed by atoms with Crippen LogP contribution in [-0.2, 0) is 4.79 Å². The highest BCUT2D eigenvalue weighted by Gasteiger charge is 2.19. The van der Waals surface area contributed by atoms with E-state index >= 15 is 0 Å². The minimum Gasteiger partial charge on any atom is -0.386 e. The lowest BCUT2D eigenvalue weighted by Crippen LogP contribution is -2.36. The van der Waals surface area contributed by atoms with E-state index in [1.807, 2.05) is 0 Å². The van der Waals surface area contributed by atoms with Gasteiger partial charge in [-0.2, -0.15) is 0 Å². The van der Waals surface area contributed by atoms with Crippen LogP contribution in [0.4, 0.5) is 8.78 Å². The summed E-state index contributed by atoms with van der Waals surface area (Å²) in [6, 6.07) is 2.60. The predicted octanol–water partition coefficient (Wildman–Crippen LogP) is 1.91. The number of nitrogens with one attached hydrogen (secondary N) is 1. The van der Waals surface area contributed by atoms with Crippen LogP contribution in [0.1, 0.15) is 31.9 Å². The second kappa shape index (κ2) is 5.72. The molecule has 0 aliphatic heterocycles. The monoisotopic (exact) mass is 243 g/mol. The maximum absolute atomic E-state index is 13.0. The standard InChI is InChI=1S/C12H15F2NO2/c1-3-11(16)15-7(2)12(17)8-4-5-9(13)10(14)6-8/h4-7,12,17H,3H2,1-2H3,(H,15,16). The molecule has 0 aliphatic carbocycles. The number of halogens is 2. The van der Waals surface area contributed by atoms with Gasteiger partial charge in [-0.1, -0.05) is 13.0 Å². The maximum atomic E-state index is 13.0. The van der Waals surface area contributed by atoms with Gasteiger partial charge in [0.15, 0.2) is 11.6 Å². The van der Waals surface area contributed by atoms with Crippen molar-refractivity contribution in [3.8, 4) is 0 Å². The number of rotatable bonds is 4. The Kier molecular flexibility index (Phi) is 4.57. The summed E-state index contributed by atoms with van der Waals surface area (Å²) in [7, 11) is 0. The lowest BCUT2D eigenvalue weighted by molar-refractivity contribution is -0.122. The van der Waals surface area contributed by atoms with Gasteiger partial charge >= 0.3 is 0 Å². The third kappa shape index (κ3) is 3.49. The number of aliphatic hydroxyl groups excluding tert-OH is 1. The van der Waals surface area contributed by atoms with Gasteiger partial charge in [0, 0.05) is 6.42 Å². The van der Waals surface area contributed by atoms with Crippen molar-refractivity contribution in [3.05, 3.63) is 35.4 Å². The number of carbonyl (C=O) groups excluding carboxylic acids is 1. The normalized spacial score (nSPS) is 14.2. The molecular weight excluding hydrogens is 228 g/mol. The molecule has 2 atom stereocenters. The smallest absolute Gasteiger partial charge is 0.220 e. The third-order valence-corrected chi connectivity index (χ3v) is 2.47. The highest BCUT2D eigenvalue weighted by molar-refractivity contribution is 5.75. The van der Waals surface area contributed by atoms with E-state index in [2.05, 4.69) is 5.32 Å². The molecule has 0 spiro atoms. The first kappa shape index (κ1) is 13.6. The van der Waals surface area contributed by atoms with Crippen LogP contribution < -0.4 is 5.32 Å². The molecule has 5 heteroatoms. The fourth-order valence-electron chi connectivity index (χ4n) is 1.42. The van der Waals surface area contributed by atoms with Crippen LogP contribution in [-0.4, -0.2) is 17.1 Å². The fourth-order valence-corrected chi connectivity index (χ4v) is 1.42. The van der Waals surface area contributed by atoms with Crippen LogP contribution in [0.15, 0.2) is 18.2 Å². The Hall–Kier alpha value is -1.49. The van der Waals surface area contributed by atoms with Crippen LogP contribution >= 0.6 is 0 Å². The van der Waals surface area contributed by atoms with Crippen LogP contribution in [0.2, 0.25) is 0 Å². The van der Waals surface area contributed by atoms with Crippen molar-refractivity contribution in [2.24, 2.45) is 0 Å². The van der Waals surface area contributed by atoms with E-state index in [9.17, 15) is 18.7 Å². The van der Waals surface area contributed by atoms with Crippen LogP contribution in [0.25, 0.3) is 0 Å². The van der Waals surface area contributed by atoms with Gasteiger partial charge in [-0.25, -0.2) is 8.78 Å². The molecule has 0 aliphatic rings.